The molecule has 0 radical (unpaired) electrons. The second-order valence-electron chi connectivity index (χ2n) is 7.76. The highest BCUT2D eigenvalue weighted by Crippen LogP contribution is 2.26. The lowest BCUT2D eigenvalue weighted by Crippen LogP contribution is -2.26. The number of fused-ring (bicyclic) bond motifs is 1. The van der Waals surface area contributed by atoms with Gasteiger partial charge in [0, 0.05) is 10.0 Å². The summed E-state index contributed by atoms with van der Waals surface area (Å²) in [5.74, 6) is -0.230. The first-order valence-electron chi connectivity index (χ1n) is 9.96. The van der Waals surface area contributed by atoms with Crippen LogP contribution in [0.1, 0.15) is 31.2 Å². The zero-order valence-electron chi connectivity index (χ0n) is 17.4. The number of aromatic nitrogens is 2. The summed E-state index contributed by atoms with van der Waals surface area (Å²) in [5, 5.41) is 1.21. The molecule has 5 nitrogen and oxygen atoms in total. The van der Waals surface area contributed by atoms with Crippen LogP contribution in [-0.4, -0.2) is 18.0 Å². The van der Waals surface area contributed by atoms with E-state index >= 15 is 0 Å². The monoisotopic (exact) mass is 486 g/mol. The van der Waals surface area contributed by atoms with E-state index in [-0.39, 0.29) is 22.2 Å². The van der Waals surface area contributed by atoms with E-state index in [0.29, 0.717) is 26.6 Å². The van der Waals surface area contributed by atoms with Crippen molar-refractivity contribution in [2.24, 2.45) is 0 Å². The third-order valence-electron chi connectivity index (χ3n) is 5.19. The minimum absolute atomic E-state index is 0.103. The molecule has 0 saturated carbocycles. The van der Waals surface area contributed by atoms with E-state index in [1.54, 1.807) is 24.3 Å². The Bertz CT molecular complexity index is 1480. The molecule has 0 unspecified atom stereocenters. The van der Waals surface area contributed by atoms with Crippen molar-refractivity contribution in [2.75, 3.05) is 0 Å². The largest absolute Gasteiger partial charge is 0.268 e. The third kappa shape index (κ3) is 4.31. The van der Waals surface area contributed by atoms with Gasteiger partial charge in [-0.3, -0.25) is 9.36 Å². The number of rotatable bonds is 5. The van der Waals surface area contributed by atoms with Gasteiger partial charge >= 0.3 is 0 Å². The molecule has 0 aliphatic heterocycles. The fraction of sp³-hybridized carbons (Fsp3) is 0.167. The van der Waals surface area contributed by atoms with Crippen molar-refractivity contribution in [2.45, 2.75) is 30.4 Å². The van der Waals surface area contributed by atoms with Crippen LogP contribution < -0.4 is 5.56 Å². The van der Waals surface area contributed by atoms with Crippen molar-refractivity contribution in [3.05, 3.63) is 98.5 Å². The van der Waals surface area contributed by atoms with E-state index in [9.17, 15) is 13.2 Å². The van der Waals surface area contributed by atoms with Crippen LogP contribution in [0.5, 0.6) is 0 Å². The molecule has 4 aromatic rings. The molecule has 0 saturated heterocycles. The Balaban J connectivity index is 2.00. The van der Waals surface area contributed by atoms with Crippen LogP contribution in [0.3, 0.4) is 0 Å². The number of para-hydroxylation sites is 1. The first kappa shape index (κ1) is 22.5. The maximum absolute atomic E-state index is 13.6. The number of benzene rings is 3. The molecule has 3 aromatic carbocycles. The lowest BCUT2D eigenvalue weighted by atomic mass is 10.0. The summed E-state index contributed by atoms with van der Waals surface area (Å²) in [6.07, 6.45) is 0. The lowest BCUT2D eigenvalue weighted by molar-refractivity contribution is 0.592. The molecule has 0 aliphatic carbocycles. The molecule has 0 amide bonds. The topological polar surface area (TPSA) is 69.0 Å². The minimum atomic E-state index is -3.80. The molecule has 0 bridgehead atoms. The zero-order chi connectivity index (χ0) is 23.0. The van der Waals surface area contributed by atoms with Gasteiger partial charge in [0.15, 0.2) is 9.84 Å². The molecule has 4 rings (SSSR count). The maximum Gasteiger partial charge on any atom is 0.266 e. The Morgan fingerprint density at radius 2 is 1.59 bits per heavy atom. The van der Waals surface area contributed by atoms with E-state index in [0.717, 1.165) is 5.56 Å². The molecule has 0 fully saturated rings. The van der Waals surface area contributed by atoms with Crippen LogP contribution in [0.15, 0.2) is 76.4 Å². The average molecular weight is 487 g/mol. The summed E-state index contributed by atoms with van der Waals surface area (Å²) in [5.41, 5.74) is 1.52. The number of sulfone groups is 1. The van der Waals surface area contributed by atoms with Gasteiger partial charge in [0.05, 0.1) is 21.5 Å². The van der Waals surface area contributed by atoms with Crippen molar-refractivity contribution < 1.29 is 8.42 Å². The molecular formula is C24H20Cl2N2O3S. The molecular weight excluding hydrogens is 467 g/mol. The fourth-order valence-electron chi connectivity index (χ4n) is 3.62. The summed E-state index contributed by atoms with van der Waals surface area (Å²) >= 11 is 12.0. The van der Waals surface area contributed by atoms with Crippen LogP contribution in [0.25, 0.3) is 16.6 Å². The summed E-state index contributed by atoms with van der Waals surface area (Å²) in [6, 6.07) is 18.2. The molecule has 1 heterocycles. The second kappa shape index (κ2) is 8.70. The number of hydrogen-bond acceptors (Lipinski definition) is 4. The smallest absolute Gasteiger partial charge is 0.266 e. The van der Waals surface area contributed by atoms with Gasteiger partial charge in [0.2, 0.25) is 0 Å². The third-order valence-corrected chi connectivity index (χ3v) is 7.31. The Labute approximate surface area is 196 Å². The van der Waals surface area contributed by atoms with Gasteiger partial charge in [-0.05, 0) is 60.0 Å². The molecule has 0 atom stereocenters. The Morgan fingerprint density at radius 3 is 2.28 bits per heavy atom. The SMILES string of the molecule is CC(C)c1ccccc1-n1c(CS(=O)(=O)c2ccc(Cl)cc2)nc2cc(Cl)ccc2c1=O. The van der Waals surface area contributed by atoms with E-state index < -0.39 is 15.6 Å². The van der Waals surface area contributed by atoms with Gasteiger partial charge in [-0.15, -0.1) is 0 Å². The molecule has 8 heteroatoms. The Hall–Kier alpha value is -2.67. The van der Waals surface area contributed by atoms with Gasteiger partial charge in [0.25, 0.3) is 5.56 Å². The van der Waals surface area contributed by atoms with Crippen molar-refractivity contribution in [1.82, 2.24) is 9.55 Å². The zero-order valence-corrected chi connectivity index (χ0v) is 19.7. The van der Waals surface area contributed by atoms with Crippen molar-refractivity contribution in [1.29, 1.82) is 0 Å². The normalized spacial score (nSPS) is 11.9. The van der Waals surface area contributed by atoms with Crippen molar-refractivity contribution in [3.8, 4) is 5.69 Å². The first-order valence-corrected chi connectivity index (χ1v) is 12.4. The molecule has 1 aromatic heterocycles. The van der Waals surface area contributed by atoms with E-state index in [2.05, 4.69) is 4.98 Å². The summed E-state index contributed by atoms with van der Waals surface area (Å²) in [6.45, 7) is 4.03. The highest BCUT2D eigenvalue weighted by Gasteiger charge is 2.23. The molecule has 0 aliphatic rings. The summed E-state index contributed by atoms with van der Waals surface area (Å²) in [7, 11) is -3.80. The highest BCUT2D eigenvalue weighted by atomic mass is 35.5. The highest BCUT2D eigenvalue weighted by molar-refractivity contribution is 7.90. The van der Waals surface area contributed by atoms with Gasteiger partial charge in [-0.2, -0.15) is 0 Å². The average Bonchev–Trinajstić information content (AvgIpc) is 2.74. The molecule has 0 spiro atoms. The molecule has 0 N–H and O–H groups in total. The first-order chi connectivity index (χ1) is 15.2. The van der Waals surface area contributed by atoms with Crippen LogP contribution in [0.2, 0.25) is 10.0 Å². The Kier molecular flexibility index (Phi) is 6.12. The quantitative estimate of drug-likeness (QED) is 0.357. The number of hydrogen-bond donors (Lipinski definition) is 0. The van der Waals surface area contributed by atoms with Gasteiger partial charge in [0.1, 0.15) is 11.6 Å². The van der Waals surface area contributed by atoms with Gasteiger partial charge in [-0.25, -0.2) is 13.4 Å². The fourth-order valence-corrected chi connectivity index (χ4v) is 5.17. The van der Waals surface area contributed by atoms with E-state index in [1.165, 1.54) is 28.8 Å². The van der Waals surface area contributed by atoms with E-state index in [4.69, 9.17) is 23.2 Å². The van der Waals surface area contributed by atoms with Gasteiger partial charge in [-0.1, -0.05) is 55.2 Å². The second-order valence-corrected chi connectivity index (χ2v) is 10.6. The lowest BCUT2D eigenvalue weighted by Gasteiger charge is -2.18. The van der Waals surface area contributed by atoms with Crippen molar-refractivity contribution >= 4 is 43.9 Å². The predicted molar refractivity (Wildman–Crippen MR) is 129 cm³/mol. The van der Waals surface area contributed by atoms with Crippen LogP contribution in [0.4, 0.5) is 0 Å². The maximum atomic E-state index is 13.6. The van der Waals surface area contributed by atoms with Crippen molar-refractivity contribution in [3.63, 3.8) is 0 Å². The Morgan fingerprint density at radius 1 is 0.938 bits per heavy atom. The molecule has 164 valence electrons. The van der Waals surface area contributed by atoms with Gasteiger partial charge < -0.3 is 0 Å². The molecule has 32 heavy (non-hydrogen) atoms. The number of halogens is 2. The van der Waals surface area contributed by atoms with Crippen LogP contribution >= 0.6 is 23.2 Å². The van der Waals surface area contributed by atoms with Crippen LogP contribution in [-0.2, 0) is 15.6 Å². The minimum Gasteiger partial charge on any atom is -0.268 e. The van der Waals surface area contributed by atoms with E-state index in [1.807, 2.05) is 32.0 Å². The standard InChI is InChI=1S/C24H20Cl2N2O3S/c1-15(2)19-5-3-4-6-22(19)28-23(14-32(30,31)18-10-7-16(25)8-11-18)27-21-13-17(26)9-12-20(21)24(28)29/h3-13,15H,14H2,1-2H3. The number of nitrogens with zero attached hydrogens (tertiary/aromatic N) is 2. The van der Waals surface area contributed by atoms with Crippen LogP contribution in [0, 0.1) is 0 Å². The predicted octanol–water partition coefficient (Wildman–Crippen LogP) is 5.79. The summed E-state index contributed by atoms with van der Waals surface area (Å²) in [4.78, 5) is 18.2. The summed E-state index contributed by atoms with van der Waals surface area (Å²) < 4.78 is 27.8.